The molecule has 3 rings (SSSR count). The van der Waals surface area contributed by atoms with Crippen LogP contribution in [0.15, 0.2) is 43.2 Å². The molecule has 2 heterocycles. The first kappa shape index (κ1) is 15.2. The van der Waals surface area contributed by atoms with Crippen molar-refractivity contribution in [2.45, 2.75) is 5.03 Å². The number of aromatic nitrogens is 4. The number of halogens is 1. The second-order valence-corrected chi connectivity index (χ2v) is 6.47. The van der Waals surface area contributed by atoms with Crippen LogP contribution in [0.2, 0.25) is 0 Å². The number of rotatable bonds is 5. The van der Waals surface area contributed by atoms with Crippen molar-refractivity contribution in [1.29, 1.82) is 0 Å². The zero-order valence-electron chi connectivity index (χ0n) is 11.1. The molecule has 0 aliphatic rings. The van der Waals surface area contributed by atoms with Gasteiger partial charge in [0.15, 0.2) is 10.7 Å². The minimum Gasteiger partial charge on any atom is -0.330 e. The van der Waals surface area contributed by atoms with Crippen LogP contribution in [-0.2, 0) is 0 Å². The highest BCUT2D eigenvalue weighted by molar-refractivity contribution is 14.1. The van der Waals surface area contributed by atoms with Gasteiger partial charge in [-0.2, -0.15) is 0 Å². The lowest BCUT2D eigenvalue weighted by molar-refractivity contribution is 0.299. The van der Waals surface area contributed by atoms with E-state index in [4.69, 9.17) is 14.9 Å². The molecule has 2 N–H and O–H groups in total. The maximum atomic E-state index is 12.0. The molecule has 8 nitrogen and oxygen atoms in total. The molecule has 0 fully saturated rings. The van der Waals surface area contributed by atoms with Gasteiger partial charge in [0.1, 0.15) is 0 Å². The summed E-state index contributed by atoms with van der Waals surface area (Å²) in [5, 5.41) is 12.0. The summed E-state index contributed by atoms with van der Waals surface area (Å²) < 4.78 is 11.9. The molecular weight excluding hydrogens is 421 g/mol. The molecule has 114 valence electrons. The summed E-state index contributed by atoms with van der Waals surface area (Å²) in [6.45, 7) is 0.486. The maximum Gasteiger partial charge on any atom is 0.446 e. The lowest BCUT2D eigenvalue weighted by Crippen LogP contribution is -2.13. The first-order chi connectivity index (χ1) is 10.7. The summed E-state index contributed by atoms with van der Waals surface area (Å²) in [5.41, 5.74) is 6.47. The SMILES string of the molecule is NCCSc1nonc1-c1noc(=O)n1-c1cccc(I)c1. The minimum atomic E-state index is -0.602. The fourth-order valence-corrected chi connectivity index (χ4v) is 3.00. The molecule has 0 amide bonds. The van der Waals surface area contributed by atoms with E-state index in [2.05, 4.69) is 38.1 Å². The second-order valence-electron chi connectivity index (χ2n) is 4.14. The predicted molar refractivity (Wildman–Crippen MR) is 87.9 cm³/mol. The summed E-state index contributed by atoms with van der Waals surface area (Å²) in [7, 11) is 0. The smallest absolute Gasteiger partial charge is 0.330 e. The first-order valence-electron chi connectivity index (χ1n) is 6.21. The number of nitrogens with two attached hydrogens (primary N) is 1. The number of hydrogen-bond acceptors (Lipinski definition) is 8. The van der Waals surface area contributed by atoms with Gasteiger partial charge in [0.2, 0.25) is 5.82 Å². The Morgan fingerprint density at radius 3 is 2.95 bits per heavy atom. The van der Waals surface area contributed by atoms with Crippen molar-refractivity contribution in [3.8, 4) is 17.2 Å². The zero-order chi connectivity index (χ0) is 15.5. The Morgan fingerprint density at radius 1 is 1.32 bits per heavy atom. The Kier molecular flexibility index (Phi) is 4.59. The lowest BCUT2D eigenvalue weighted by atomic mass is 10.3. The standard InChI is InChI=1S/C12H10IN5O3S/c13-7-2-1-3-8(6-7)18-10(16-20-12(18)19)9-11(17-21-15-9)22-5-4-14/h1-3,6H,4-5,14H2. The van der Waals surface area contributed by atoms with Gasteiger partial charge < -0.3 is 5.73 Å². The van der Waals surface area contributed by atoms with Gasteiger partial charge in [-0.1, -0.05) is 23.0 Å². The van der Waals surface area contributed by atoms with E-state index in [-0.39, 0.29) is 5.82 Å². The van der Waals surface area contributed by atoms with Crippen LogP contribution in [0.3, 0.4) is 0 Å². The number of hydrogen-bond donors (Lipinski definition) is 1. The van der Waals surface area contributed by atoms with Gasteiger partial charge in [-0.3, -0.25) is 4.52 Å². The third-order valence-corrected chi connectivity index (χ3v) is 4.35. The molecular formula is C12H10IN5O3S. The van der Waals surface area contributed by atoms with Crippen LogP contribution >= 0.6 is 34.4 Å². The molecule has 0 atom stereocenters. The molecule has 10 heteroatoms. The monoisotopic (exact) mass is 431 g/mol. The predicted octanol–water partition coefficient (Wildman–Crippen LogP) is 1.53. The van der Waals surface area contributed by atoms with E-state index in [0.29, 0.717) is 28.7 Å². The lowest BCUT2D eigenvalue weighted by Gasteiger charge is -2.03. The van der Waals surface area contributed by atoms with E-state index < -0.39 is 5.76 Å². The summed E-state index contributed by atoms with van der Waals surface area (Å²) in [5.74, 6) is 0.287. The Morgan fingerprint density at radius 2 is 2.18 bits per heavy atom. The van der Waals surface area contributed by atoms with Gasteiger partial charge in [0, 0.05) is 15.9 Å². The van der Waals surface area contributed by atoms with Gasteiger partial charge in [-0.05, 0) is 51.1 Å². The second kappa shape index (κ2) is 6.62. The Bertz CT molecular complexity index is 843. The molecule has 0 radical (unpaired) electrons. The maximum absolute atomic E-state index is 12.0. The summed E-state index contributed by atoms with van der Waals surface area (Å²) in [6.07, 6.45) is 0. The molecule has 0 spiro atoms. The third kappa shape index (κ3) is 2.94. The number of thioether (sulfide) groups is 1. The molecule has 0 saturated heterocycles. The van der Waals surface area contributed by atoms with Crippen LogP contribution in [0.5, 0.6) is 0 Å². The van der Waals surface area contributed by atoms with E-state index in [1.807, 2.05) is 18.2 Å². The highest BCUT2D eigenvalue weighted by Gasteiger charge is 2.22. The van der Waals surface area contributed by atoms with Gasteiger partial charge in [0.05, 0.1) is 5.69 Å². The van der Waals surface area contributed by atoms with E-state index in [1.54, 1.807) is 6.07 Å². The van der Waals surface area contributed by atoms with E-state index in [1.165, 1.54) is 16.3 Å². The number of benzene rings is 1. The normalized spacial score (nSPS) is 11.0. The van der Waals surface area contributed by atoms with E-state index >= 15 is 0 Å². The fourth-order valence-electron chi connectivity index (χ4n) is 1.81. The average Bonchev–Trinajstić information content (AvgIpc) is 3.11. The van der Waals surface area contributed by atoms with Gasteiger partial charge in [0.25, 0.3) is 0 Å². The van der Waals surface area contributed by atoms with Gasteiger partial charge in [-0.15, -0.1) is 0 Å². The fraction of sp³-hybridized carbons (Fsp3) is 0.167. The van der Waals surface area contributed by atoms with Crippen molar-refractivity contribution in [2.75, 3.05) is 12.3 Å². The van der Waals surface area contributed by atoms with Crippen LogP contribution in [-0.4, -0.2) is 32.3 Å². The summed E-state index contributed by atoms with van der Waals surface area (Å²) in [6, 6.07) is 7.38. The van der Waals surface area contributed by atoms with Gasteiger partial charge >= 0.3 is 5.76 Å². The van der Waals surface area contributed by atoms with Crippen molar-refractivity contribution in [2.24, 2.45) is 5.73 Å². The van der Waals surface area contributed by atoms with Crippen LogP contribution in [0.25, 0.3) is 17.2 Å². The van der Waals surface area contributed by atoms with Crippen LogP contribution in [0.4, 0.5) is 0 Å². The third-order valence-electron chi connectivity index (χ3n) is 2.70. The molecule has 0 aliphatic carbocycles. The first-order valence-corrected chi connectivity index (χ1v) is 8.27. The van der Waals surface area contributed by atoms with E-state index in [9.17, 15) is 4.79 Å². The highest BCUT2D eigenvalue weighted by Crippen LogP contribution is 2.27. The number of nitrogens with zero attached hydrogens (tertiary/aromatic N) is 4. The van der Waals surface area contributed by atoms with Crippen molar-refractivity contribution < 1.29 is 9.15 Å². The Labute approximate surface area is 142 Å². The quantitative estimate of drug-likeness (QED) is 0.478. The molecule has 0 aliphatic heterocycles. The van der Waals surface area contributed by atoms with Crippen LogP contribution in [0.1, 0.15) is 0 Å². The van der Waals surface area contributed by atoms with Crippen molar-refractivity contribution in [1.82, 2.24) is 20.0 Å². The Hall–Kier alpha value is -1.66. The molecule has 0 bridgehead atoms. The largest absolute Gasteiger partial charge is 0.446 e. The molecule has 22 heavy (non-hydrogen) atoms. The highest BCUT2D eigenvalue weighted by atomic mass is 127. The summed E-state index contributed by atoms with van der Waals surface area (Å²) in [4.78, 5) is 12.0. The van der Waals surface area contributed by atoms with Crippen LogP contribution in [0, 0.1) is 3.57 Å². The average molecular weight is 431 g/mol. The molecule has 1 aromatic carbocycles. The molecule has 2 aromatic heterocycles. The topological polar surface area (TPSA) is 113 Å². The van der Waals surface area contributed by atoms with Gasteiger partial charge in [-0.25, -0.2) is 14.0 Å². The van der Waals surface area contributed by atoms with Crippen LogP contribution < -0.4 is 11.5 Å². The molecule has 0 unspecified atom stereocenters. The Balaban J connectivity index is 2.10. The van der Waals surface area contributed by atoms with Crippen molar-refractivity contribution >= 4 is 34.4 Å². The van der Waals surface area contributed by atoms with Crippen molar-refractivity contribution in [3.63, 3.8) is 0 Å². The minimum absolute atomic E-state index is 0.243. The van der Waals surface area contributed by atoms with Crippen molar-refractivity contribution in [3.05, 3.63) is 38.4 Å². The molecule has 3 aromatic rings. The summed E-state index contributed by atoms with van der Waals surface area (Å²) >= 11 is 3.54. The zero-order valence-corrected chi connectivity index (χ0v) is 14.1. The van der Waals surface area contributed by atoms with E-state index in [0.717, 1.165) is 3.57 Å². The molecule has 0 saturated carbocycles.